The summed E-state index contributed by atoms with van der Waals surface area (Å²) in [5, 5.41) is 4.94. The molecule has 2 amide bonds. The zero-order valence-corrected chi connectivity index (χ0v) is 16.6. The highest BCUT2D eigenvalue weighted by Gasteiger charge is 2.33. The monoisotopic (exact) mass is 466 g/mol. The van der Waals surface area contributed by atoms with Gasteiger partial charge in [-0.05, 0) is 18.2 Å². The lowest BCUT2D eigenvalue weighted by Gasteiger charge is -2.25. The van der Waals surface area contributed by atoms with Crippen LogP contribution < -0.4 is 20.1 Å². The molecule has 2 aromatic carbocycles. The van der Waals surface area contributed by atoms with E-state index in [0.29, 0.717) is 17.5 Å². The topological polar surface area (TPSA) is 93.7 Å². The maximum Gasteiger partial charge on any atom is 0.266 e. The number of hydrogen-bond donors (Lipinski definition) is 2. The minimum Gasteiger partial charge on any atom is -0.484 e. The number of hydrogen-bond acceptors (Lipinski definition) is 5. The molecule has 0 radical (unpaired) electrons. The van der Waals surface area contributed by atoms with Crippen molar-refractivity contribution in [2.45, 2.75) is 18.9 Å². The van der Waals surface area contributed by atoms with Gasteiger partial charge in [-0.3, -0.25) is 14.4 Å². The summed E-state index contributed by atoms with van der Waals surface area (Å²) in [6.07, 6.45) is -1.46. The Morgan fingerprint density at radius 3 is 2.42 bits per heavy atom. The number of carbonyl (C=O) groups is 3. The SMILES string of the molecule is O=C(COc1ccc(F)c(F)c1)NC1=C=C(NC(=O)[C@@H]2CC(=O)c3cc(F)c(F)cc3O2)C1.[HH].[HH]. The van der Waals surface area contributed by atoms with Gasteiger partial charge in [-0.25, -0.2) is 17.6 Å². The van der Waals surface area contributed by atoms with E-state index in [-0.39, 0.29) is 32.8 Å². The smallest absolute Gasteiger partial charge is 0.266 e. The van der Waals surface area contributed by atoms with Crippen LogP contribution in [0.5, 0.6) is 11.5 Å². The average molecular weight is 466 g/mol. The van der Waals surface area contributed by atoms with Gasteiger partial charge in [-0.15, -0.1) is 0 Å². The van der Waals surface area contributed by atoms with E-state index in [2.05, 4.69) is 16.4 Å². The van der Waals surface area contributed by atoms with Gasteiger partial charge in [-0.1, -0.05) is 5.73 Å². The third kappa shape index (κ3) is 4.88. The minimum atomic E-state index is -1.24. The van der Waals surface area contributed by atoms with Crippen molar-refractivity contribution in [1.29, 1.82) is 0 Å². The Balaban J connectivity index is 0.00000216. The Morgan fingerprint density at radius 1 is 1.03 bits per heavy atom. The molecule has 1 aliphatic heterocycles. The number of benzene rings is 2. The summed E-state index contributed by atoms with van der Waals surface area (Å²) < 4.78 is 63.1. The molecule has 0 bridgehead atoms. The predicted octanol–water partition coefficient (Wildman–Crippen LogP) is 3.15. The van der Waals surface area contributed by atoms with Crippen molar-refractivity contribution in [1.82, 2.24) is 10.6 Å². The van der Waals surface area contributed by atoms with Crippen molar-refractivity contribution in [2.24, 2.45) is 0 Å². The first-order valence-corrected chi connectivity index (χ1v) is 9.55. The van der Waals surface area contributed by atoms with Crippen LogP contribution in [0, 0.1) is 23.3 Å². The quantitative estimate of drug-likeness (QED) is 0.504. The molecule has 11 heteroatoms. The molecule has 0 saturated heterocycles. The molecule has 1 heterocycles. The van der Waals surface area contributed by atoms with Gasteiger partial charge in [0.2, 0.25) is 0 Å². The van der Waals surface area contributed by atoms with Crippen LogP contribution in [0.1, 0.15) is 26.1 Å². The molecular weight excluding hydrogens is 448 g/mol. The third-order valence-corrected chi connectivity index (χ3v) is 4.74. The van der Waals surface area contributed by atoms with E-state index in [4.69, 9.17) is 9.47 Å². The largest absolute Gasteiger partial charge is 0.484 e. The minimum absolute atomic E-state index is 0. The first-order chi connectivity index (χ1) is 15.7. The Hall–Kier alpha value is -4.11. The summed E-state index contributed by atoms with van der Waals surface area (Å²) >= 11 is 0. The zero-order valence-electron chi connectivity index (χ0n) is 16.6. The summed E-state index contributed by atoms with van der Waals surface area (Å²) in [6.45, 7) is -0.466. The summed E-state index contributed by atoms with van der Waals surface area (Å²) in [4.78, 5) is 36.4. The van der Waals surface area contributed by atoms with Gasteiger partial charge < -0.3 is 20.1 Å². The number of halogens is 4. The predicted molar refractivity (Wildman–Crippen MR) is 107 cm³/mol. The summed E-state index contributed by atoms with van der Waals surface area (Å²) in [7, 11) is 0. The molecule has 1 aliphatic carbocycles. The van der Waals surface area contributed by atoms with Crippen molar-refractivity contribution in [3.8, 4) is 11.5 Å². The molecule has 2 aliphatic rings. The number of amides is 2. The molecule has 0 unspecified atom stereocenters. The van der Waals surface area contributed by atoms with Crippen LogP contribution >= 0.6 is 0 Å². The molecule has 7 nitrogen and oxygen atoms in total. The van der Waals surface area contributed by atoms with Gasteiger partial charge in [0.05, 0.1) is 23.4 Å². The normalized spacial score (nSPS) is 16.5. The lowest BCUT2D eigenvalue weighted by atomic mass is 9.99. The van der Waals surface area contributed by atoms with Crippen molar-refractivity contribution in [3.63, 3.8) is 0 Å². The van der Waals surface area contributed by atoms with Gasteiger partial charge in [0, 0.05) is 21.4 Å². The van der Waals surface area contributed by atoms with Crippen molar-refractivity contribution in [3.05, 3.63) is 76.3 Å². The number of carbonyl (C=O) groups excluding carboxylic acids is 3. The number of ketones is 1. The van der Waals surface area contributed by atoms with E-state index < -0.39 is 53.6 Å². The van der Waals surface area contributed by atoms with Gasteiger partial charge in [-0.2, -0.15) is 0 Å². The van der Waals surface area contributed by atoms with Crippen LogP contribution in [0.25, 0.3) is 0 Å². The Bertz CT molecular complexity index is 1260. The number of ether oxygens (including phenoxy) is 2. The van der Waals surface area contributed by atoms with Gasteiger partial charge in [0.25, 0.3) is 11.8 Å². The number of Topliss-reactive ketones (excluding diaryl/α,β-unsaturated/α-hetero) is 1. The Kier molecular flexibility index (Phi) is 5.89. The van der Waals surface area contributed by atoms with Crippen LogP contribution in [0.15, 0.2) is 47.5 Å². The first-order valence-electron chi connectivity index (χ1n) is 9.55. The molecule has 0 spiro atoms. The zero-order chi connectivity index (χ0) is 23.7. The maximum absolute atomic E-state index is 13.4. The van der Waals surface area contributed by atoms with Crippen LogP contribution in [-0.2, 0) is 9.59 Å². The standard InChI is InChI=1S/C22H14F4N2O5.2H2/c23-14-2-1-12(5-15(14)24)32-9-21(30)27-10-3-11(4-10)28-22(31)20-8-18(29)13-6-16(25)17(26)7-19(13)33-20;;/h1-2,5-7,20H,3,8-9H2,(H,27,30)(H,28,31);2*1H/t20-;;/m0../s1. The Morgan fingerprint density at radius 2 is 1.70 bits per heavy atom. The van der Waals surface area contributed by atoms with Crippen LogP contribution in [-0.4, -0.2) is 30.3 Å². The highest BCUT2D eigenvalue weighted by atomic mass is 19.2. The summed E-state index contributed by atoms with van der Waals surface area (Å²) in [6, 6.07) is 4.28. The molecule has 0 fully saturated rings. The fraction of sp³-hybridized carbons (Fsp3) is 0.182. The molecule has 0 aromatic heterocycles. The highest BCUT2D eigenvalue weighted by Crippen LogP contribution is 2.30. The van der Waals surface area contributed by atoms with Gasteiger partial charge in [0.1, 0.15) is 11.5 Å². The van der Waals surface area contributed by atoms with E-state index in [1.165, 1.54) is 6.07 Å². The molecule has 4 rings (SSSR count). The van der Waals surface area contributed by atoms with Crippen molar-refractivity contribution in [2.75, 3.05) is 6.61 Å². The van der Waals surface area contributed by atoms with E-state index in [1.54, 1.807) is 0 Å². The van der Waals surface area contributed by atoms with Crippen LogP contribution in [0.4, 0.5) is 17.6 Å². The van der Waals surface area contributed by atoms with Crippen molar-refractivity contribution < 1.29 is 44.3 Å². The van der Waals surface area contributed by atoms with E-state index >= 15 is 0 Å². The van der Waals surface area contributed by atoms with Gasteiger partial charge in [0.15, 0.2) is 41.8 Å². The molecular formula is C22H18F4N2O5. The molecule has 33 heavy (non-hydrogen) atoms. The van der Waals surface area contributed by atoms with Crippen LogP contribution in [0.2, 0.25) is 0 Å². The molecule has 2 aromatic rings. The number of rotatable bonds is 6. The molecule has 1 atom stereocenters. The Labute approximate surface area is 186 Å². The molecule has 174 valence electrons. The lowest BCUT2D eigenvalue weighted by Crippen LogP contribution is -2.43. The van der Waals surface area contributed by atoms with Crippen LogP contribution in [0.3, 0.4) is 0 Å². The fourth-order valence-electron chi connectivity index (χ4n) is 3.10. The summed E-state index contributed by atoms with van der Waals surface area (Å²) in [5.41, 5.74) is 3.20. The molecule has 2 N–H and O–H groups in total. The number of fused-ring (bicyclic) bond motifs is 1. The van der Waals surface area contributed by atoms with E-state index in [0.717, 1.165) is 18.2 Å². The maximum atomic E-state index is 13.4. The second kappa shape index (κ2) is 8.79. The van der Waals surface area contributed by atoms with E-state index in [1.807, 2.05) is 0 Å². The second-order valence-corrected chi connectivity index (χ2v) is 7.16. The number of nitrogens with one attached hydrogen (secondary N) is 2. The third-order valence-electron chi connectivity index (χ3n) is 4.74. The molecule has 0 saturated carbocycles. The first kappa shape index (κ1) is 22.1. The lowest BCUT2D eigenvalue weighted by molar-refractivity contribution is -0.127. The average Bonchev–Trinajstić information content (AvgIpc) is 2.74. The second-order valence-electron chi connectivity index (χ2n) is 7.16. The highest BCUT2D eigenvalue weighted by molar-refractivity contribution is 6.03. The fourth-order valence-corrected chi connectivity index (χ4v) is 3.10. The van der Waals surface area contributed by atoms with Crippen molar-refractivity contribution >= 4 is 17.6 Å². The summed E-state index contributed by atoms with van der Waals surface area (Å²) in [5.74, 6) is -6.64. The van der Waals surface area contributed by atoms with E-state index in [9.17, 15) is 31.9 Å². The van der Waals surface area contributed by atoms with Gasteiger partial charge >= 0.3 is 0 Å².